The van der Waals surface area contributed by atoms with Crippen molar-refractivity contribution in [1.29, 1.82) is 5.26 Å². The van der Waals surface area contributed by atoms with Gasteiger partial charge in [0.05, 0.1) is 30.9 Å². The molecule has 0 aliphatic carbocycles. The fraction of sp³-hybridized carbons (Fsp3) is 0.509. The van der Waals surface area contributed by atoms with Crippen molar-refractivity contribution in [3.05, 3.63) is 123 Å². The van der Waals surface area contributed by atoms with Gasteiger partial charge in [-0.05, 0) is 100 Å². The van der Waals surface area contributed by atoms with Gasteiger partial charge in [-0.3, -0.25) is 4.99 Å². The second kappa shape index (κ2) is 18.8. The third-order valence-corrected chi connectivity index (χ3v) is 11.1. The maximum absolute atomic E-state index is 14.4. The molecule has 0 aliphatic rings. The summed E-state index contributed by atoms with van der Waals surface area (Å²) < 4.78 is 13.5. The van der Waals surface area contributed by atoms with Gasteiger partial charge in [-0.15, -0.1) is 0 Å². The Kier molecular flexibility index (Phi) is 15.0. The Morgan fingerprint density at radius 1 is 0.644 bits per heavy atom. The van der Waals surface area contributed by atoms with E-state index < -0.39 is 11.6 Å². The molecule has 59 heavy (non-hydrogen) atoms. The molecule has 318 valence electrons. The Morgan fingerprint density at radius 2 is 1.07 bits per heavy atom. The molecule has 0 fully saturated rings. The number of hydrogen-bond acceptors (Lipinski definition) is 6. The topological polar surface area (TPSA) is 95.1 Å². The quantitative estimate of drug-likeness (QED) is 0.0922. The number of phenolic OH excluding ortho intramolecular Hbond substituents is 1. The Morgan fingerprint density at radius 3 is 1.44 bits per heavy atom. The van der Waals surface area contributed by atoms with Gasteiger partial charge in [-0.1, -0.05) is 140 Å². The van der Waals surface area contributed by atoms with E-state index in [9.17, 15) is 15.5 Å². The van der Waals surface area contributed by atoms with Gasteiger partial charge < -0.3 is 19.7 Å². The highest BCUT2D eigenvalue weighted by Gasteiger charge is 2.45. The van der Waals surface area contributed by atoms with Crippen molar-refractivity contribution >= 4 is 6.21 Å². The minimum absolute atomic E-state index is 0.00647. The highest BCUT2D eigenvalue weighted by atomic mass is 16.5. The van der Waals surface area contributed by atoms with Crippen LogP contribution in [0.15, 0.2) is 77.8 Å². The van der Waals surface area contributed by atoms with Gasteiger partial charge in [0.15, 0.2) is 0 Å². The van der Waals surface area contributed by atoms with Crippen LogP contribution in [0, 0.1) is 11.3 Å². The van der Waals surface area contributed by atoms with Gasteiger partial charge in [0.25, 0.3) is 0 Å². The molecular weight excluding hydrogens is 729 g/mol. The standard InChI is InChI=1S/C53H72N2O4/c1-15-17-26-58-47-41(49(3,4)5)30-39(31-42(47)50(6,7)8)53(57,40-32-43(51(9,10)11)48(59-27-18-16-2)44(33-40)52(12,13)14)46(29-36-22-20-19-21-23-36)55-35-38-28-37(34-54)24-25-45(38)56/h19-25,28,30-33,35,46,56-57H,15-18,26-27,29H2,1-14H3. The highest BCUT2D eigenvalue weighted by molar-refractivity contribution is 5.84. The molecule has 0 spiro atoms. The van der Waals surface area contributed by atoms with Crippen LogP contribution in [0.4, 0.5) is 0 Å². The average molecular weight is 801 g/mol. The van der Waals surface area contributed by atoms with E-state index in [0.29, 0.717) is 41.9 Å². The predicted molar refractivity (Wildman–Crippen MR) is 246 cm³/mol. The molecule has 6 nitrogen and oxygen atoms in total. The van der Waals surface area contributed by atoms with Crippen molar-refractivity contribution in [1.82, 2.24) is 0 Å². The van der Waals surface area contributed by atoms with E-state index in [0.717, 1.165) is 65.0 Å². The molecule has 2 N–H and O–H groups in total. The molecule has 0 saturated heterocycles. The van der Waals surface area contributed by atoms with Gasteiger partial charge in [-0.2, -0.15) is 5.26 Å². The molecule has 1 atom stereocenters. The zero-order valence-corrected chi connectivity index (χ0v) is 38.6. The molecule has 0 radical (unpaired) electrons. The molecule has 4 aromatic carbocycles. The van der Waals surface area contributed by atoms with E-state index >= 15 is 0 Å². The monoisotopic (exact) mass is 801 g/mol. The lowest BCUT2D eigenvalue weighted by atomic mass is 9.70. The van der Waals surface area contributed by atoms with Gasteiger partial charge in [0.1, 0.15) is 22.8 Å². The Bertz CT molecular complexity index is 1940. The molecule has 0 amide bonds. The van der Waals surface area contributed by atoms with Gasteiger partial charge in [-0.25, -0.2) is 0 Å². The molecule has 4 rings (SSSR count). The summed E-state index contributed by atoms with van der Waals surface area (Å²) in [5.74, 6) is 1.75. The van der Waals surface area contributed by atoms with Crippen LogP contribution >= 0.6 is 0 Å². The number of hydrogen-bond donors (Lipinski definition) is 2. The number of aliphatic hydroxyl groups is 1. The van der Waals surface area contributed by atoms with Crippen molar-refractivity contribution in [2.75, 3.05) is 13.2 Å². The van der Waals surface area contributed by atoms with Crippen LogP contribution in [0.1, 0.15) is 173 Å². The lowest BCUT2D eigenvalue weighted by Crippen LogP contribution is -2.42. The molecule has 4 aromatic rings. The number of nitrogens with zero attached hydrogens (tertiary/aromatic N) is 2. The van der Waals surface area contributed by atoms with Crippen LogP contribution in [0.5, 0.6) is 17.2 Å². The summed E-state index contributed by atoms with van der Waals surface area (Å²) in [6.45, 7) is 32.0. The van der Waals surface area contributed by atoms with Crippen molar-refractivity contribution in [3.63, 3.8) is 0 Å². The summed E-state index contributed by atoms with van der Waals surface area (Å²) in [5.41, 5.74) is 4.20. The van der Waals surface area contributed by atoms with Gasteiger partial charge in [0.2, 0.25) is 0 Å². The smallest absolute Gasteiger partial charge is 0.137 e. The number of benzene rings is 4. The van der Waals surface area contributed by atoms with Crippen LogP contribution in [0.25, 0.3) is 0 Å². The zero-order chi connectivity index (χ0) is 44.0. The highest BCUT2D eigenvalue weighted by Crippen LogP contribution is 2.49. The summed E-state index contributed by atoms with van der Waals surface area (Å²) in [7, 11) is 0. The first-order valence-corrected chi connectivity index (χ1v) is 21.6. The van der Waals surface area contributed by atoms with Crippen LogP contribution in [0.2, 0.25) is 0 Å². The second-order valence-corrected chi connectivity index (χ2v) is 20.3. The van der Waals surface area contributed by atoms with Gasteiger partial charge >= 0.3 is 0 Å². The molecule has 0 aliphatic heterocycles. The van der Waals surface area contributed by atoms with E-state index in [-0.39, 0.29) is 27.4 Å². The Hall–Kier alpha value is -4.60. The number of aromatic hydroxyl groups is 1. The second-order valence-electron chi connectivity index (χ2n) is 20.3. The van der Waals surface area contributed by atoms with Crippen LogP contribution < -0.4 is 9.47 Å². The molecule has 6 heteroatoms. The summed E-state index contributed by atoms with van der Waals surface area (Å²) in [5, 5.41) is 35.2. The predicted octanol–water partition coefficient (Wildman–Crippen LogP) is 12.8. The number of unbranched alkanes of at least 4 members (excludes halogenated alkanes) is 2. The van der Waals surface area contributed by atoms with Crippen molar-refractivity contribution in [3.8, 4) is 23.3 Å². The molecule has 1 unspecified atom stereocenters. The maximum atomic E-state index is 14.4. The average Bonchev–Trinajstić information content (AvgIpc) is 3.15. The summed E-state index contributed by atoms with van der Waals surface area (Å²) in [6.07, 6.45) is 5.90. The third-order valence-electron chi connectivity index (χ3n) is 11.1. The molecule has 0 saturated carbocycles. The third kappa shape index (κ3) is 11.4. The molecular formula is C53H72N2O4. The maximum Gasteiger partial charge on any atom is 0.137 e. The normalized spacial score (nSPS) is 13.4. The largest absolute Gasteiger partial charge is 0.507 e. The zero-order valence-electron chi connectivity index (χ0n) is 38.6. The SMILES string of the molecule is CCCCOc1c(C(C)(C)C)cc(C(O)(c2cc(C(C)(C)C)c(OCCCC)c(C(C)(C)C)c2)C(Cc2ccccc2)N=Cc2cc(C#N)ccc2O)cc1C(C)(C)C. The van der Waals surface area contributed by atoms with E-state index in [1.807, 2.05) is 18.2 Å². The van der Waals surface area contributed by atoms with E-state index in [2.05, 4.69) is 139 Å². The molecule has 0 bridgehead atoms. The first kappa shape index (κ1) is 47.1. The molecule has 0 aromatic heterocycles. The van der Waals surface area contributed by atoms with Crippen molar-refractivity contribution < 1.29 is 19.7 Å². The van der Waals surface area contributed by atoms with Crippen molar-refractivity contribution in [2.24, 2.45) is 4.99 Å². The number of nitriles is 1. The van der Waals surface area contributed by atoms with Gasteiger partial charge in [0, 0.05) is 34.0 Å². The van der Waals surface area contributed by atoms with E-state index in [4.69, 9.17) is 14.5 Å². The Labute approximate surface area is 356 Å². The summed E-state index contributed by atoms with van der Waals surface area (Å²) in [6, 6.07) is 24.9. The number of phenols is 1. The number of rotatable bonds is 15. The van der Waals surface area contributed by atoms with E-state index in [1.165, 1.54) is 6.07 Å². The fourth-order valence-corrected chi connectivity index (χ4v) is 7.47. The summed E-state index contributed by atoms with van der Waals surface area (Å²) in [4.78, 5) is 5.28. The van der Waals surface area contributed by atoms with Crippen LogP contribution in [0.3, 0.4) is 0 Å². The Balaban J connectivity index is 2.28. The minimum atomic E-state index is -1.72. The van der Waals surface area contributed by atoms with Crippen LogP contribution in [-0.4, -0.2) is 35.7 Å². The van der Waals surface area contributed by atoms with E-state index in [1.54, 1.807) is 18.3 Å². The minimum Gasteiger partial charge on any atom is -0.507 e. The first-order chi connectivity index (χ1) is 27.5. The molecule has 0 heterocycles. The lowest BCUT2D eigenvalue weighted by Gasteiger charge is -2.40. The van der Waals surface area contributed by atoms with Crippen LogP contribution in [-0.2, 0) is 33.7 Å². The lowest BCUT2D eigenvalue weighted by molar-refractivity contribution is 0.0520. The number of ether oxygens (including phenoxy) is 2. The fourth-order valence-electron chi connectivity index (χ4n) is 7.47. The first-order valence-electron chi connectivity index (χ1n) is 21.6. The van der Waals surface area contributed by atoms with Crippen molar-refractivity contribution in [2.45, 2.75) is 162 Å². The number of aliphatic imine (C=N–C) groups is 1. The summed E-state index contributed by atoms with van der Waals surface area (Å²) >= 11 is 0.